The van der Waals surface area contributed by atoms with Crippen molar-refractivity contribution in [2.75, 3.05) is 45.6 Å². The molecule has 3 rings (SSSR count). The van der Waals surface area contributed by atoms with Crippen LogP contribution in [0.4, 0.5) is 0 Å². The number of hydrogen-bond donors (Lipinski definition) is 3. The van der Waals surface area contributed by atoms with Crippen molar-refractivity contribution >= 4 is 15.9 Å². The fourth-order valence-corrected chi connectivity index (χ4v) is 5.32. The van der Waals surface area contributed by atoms with Gasteiger partial charge in [0.2, 0.25) is 15.9 Å². The summed E-state index contributed by atoms with van der Waals surface area (Å²) in [7, 11) is -3.28. The van der Waals surface area contributed by atoms with Gasteiger partial charge in [-0.3, -0.25) is 4.79 Å². The van der Waals surface area contributed by atoms with E-state index in [-0.39, 0.29) is 30.4 Å². The Hall–Kier alpha value is -0.700. The molecule has 0 spiro atoms. The second kappa shape index (κ2) is 5.98. The quantitative estimate of drug-likeness (QED) is 0.602. The number of hydrogen-bond acceptors (Lipinski definition) is 5. The highest BCUT2D eigenvalue weighted by Gasteiger charge is 2.56. The maximum absolute atomic E-state index is 12.9. The van der Waals surface area contributed by atoms with E-state index in [2.05, 4.69) is 10.6 Å². The van der Waals surface area contributed by atoms with E-state index in [0.29, 0.717) is 26.2 Å². The Bertz CT molecular complexity index is 573. The number of carbonyl (C=O) groups is 1. The lowest BCUT2D eigenvalue weighted by Crippen LogP contribution is -2.50. The fraction of sp³-hybridized carbons (Fsp3) is 0.933. The van der Waals surface area contributed by atoms with E-state index in [1.807, 2.05) is 0 Å². The summed E-state index contributed by atoms with van der Waals surface area (Å²) in [6, 6.07) is 0. The molecule has 8 heteroatoms. The van der Waals surface area contributed by atoms with Crippen molar-refractivity contribution in [1.82, 2.24) is 14.9 Å². The van der Waals surface area contributed by atoms with E-state index < -0.39 is 15.4 Å². The van der Waals surface area contributed by atoms with Gasteiger partial charge in [-0.05, 0) is 12.8 Å². The van der Waals surface area contributed by atoms with Crippen LogP contribution in [0, 0.1) is 16.7 Å². The Kier molecular flexibility index (Phi) is 4.46. The van der Waals surface area contributed by atoms with Crippen LogP contribution in [0.5, 0.6) is 0 Å². The standard InChI is InChI=1S/C15H27N3O4S/c1-23(21,22)18-7-12-6-16-9-15(12,10-18)13(20)17-8-14(11-19)4-2-3-5-14/h12,16,19H,2-11H2,1H3,(H,17,20)/t12-,15-/m1/s1. The minimum atomic E-state index is -3.28. The second-order valence-corrected chi connectivity index (χ2v) is 9.57. The van der Waals surface area contributed by atoms with Gasteiger partial charge in [0.1, 0.15) is 0 Å². The zero-order valence-electron chi connectivity index (χ0n) is 13.7. The Morgan fingerprint density at radius 2 is 2.09 bits per heavy atom. The van der Waals surface area contributed by atoms with Crippen LogP contribution in [-0.4, -0.2) is 69.3 Å². The number of nitrogens with zero attached hydrogens (tertiary/aromatic N) is 1. The van der Waals surface area contributed by atoms with Crippen LogP contribution >= 0.6 is 0 Å². The van der Waals surface area contributed by atoms with Crippen LogP contribution in [0.2, 0.25) is 0 Å². The molecular weight excluding hydrogens is 318 g/mol. The van der Waals surface area contributed by atoms with Crippen LogP contribution in [0.25, 0.3) is 0 Å². The normalized spacial score (nSPS) is 33.7. The van der Waals surface area contributed by atoms with Crippen molar-refractivity contribution in [2.24, 2.45) is 16.7 Å². The van der Waals surface area contributed by atoms with Crippen molar-refractivity contribution in [3.63, 3.8) is 0 Å². The van der Waals surface area contributed by atoms with Gasteiger partial charge in [0.05, 0.1) is 18.3 Å². The van der Waals surface area contributed by atoms with Gasteiger partial charge in [-0.15, -0.1) is 0 Å². The van der Waals surface area contributed by atoms with Crippen molar-refractivity contribution < 1.29 is 18.3 Å². The Labute approximate surface area is 137 Å². The van der Waals surface area contributed by atoms with Gasteiger partial charge in [-0.1, -0.05) is 12.8 Å². The molecule has 0 aromatic carbocycles. The first-order chi connectivity index (χ1) is 10.8. The molecule has 1 saturated carbocycles. The Morgan fingerprint density at radius 1 is 1.39 bits per heavy atom. The third-order valence-corrected chi connectivity index (χ3v) is 7.26. The lowest BCUT2D eigenvalue weighted by molar-refractivity contribution is -0.131. The zero-order chi connectivity index (χ0) is 16.7. The minimum Gasteiger partial charge on any atom is -0.396 e. The summed E-state index contributed by atoms with van der Waals surface area (Å²) in [5, 5.41) is 15.9. The van der Waals surface area contributed by atoms with Gasteiger partial charge >= 0.3 is 0 Å². The number of aliphatic hydroxyl groups excluding tert-OH is 1. The summed E-state index contributed by atoms with van der Waals surface area (Å²) in [5.41, 5.74) is -0.860. The summed E-state index contributed by atoms with van der Waals surface area (Å²) in [6.07, 6.45) is 5.26. The fourth-order valence-electron chi connectivity index (χ4n) is 4.41. The lowest BCUT2D eigenvalue weighted by Gasteiger charge is -2.31. The summed E-state index contributed by atoms with van der Waals surface area (Å²) in [6.45, 7) is 2.42. The molecule has 1 aliphatic carbocycles. The van der Waals surface area contributed by atoms with Gasteiger partial charge in [0.15, 0.2) is 0 Å². The van der Waals surface area contributed by atoms with E-state index in [0.717, 1.165) is 25.7 Å². The van der Waals surface area contributed by atoms with Crippen molar-refractivity contribution in [3.05, 3.63) is 0 Å². The van der Waals surface area contributed by atoms with E-state index in [9.17, 15) is 18.3 Å². The topological polar surface area (TPSA) is 98.7 Å². The Morgan fingerprint density at radius 3 is 2.70 bits per heavy atom. The predicted molar refractivity (Wildman–Crippen MR) is 86.2 cm³/mol. The van der Waals surface area contributed by atoms with E-state index in [1.165, 1.54) is 10.6 Å². The van der Waals surface area contributed by atoms with E-state index in [4.69, 9.17) is 0 Å². The maximum atomic E-state index is 12.9. The van der Waals surface area contributed by atoms with Crippen LogP contribution in [0.15, 0.2) is 0 Å². The third-order valence-electron chi connectivity index (χ3n) is 6.04. The largest absolute Gasteiger partial charge is 0.396 e. The molecule has 23 heavy (non-hydrogen) atoms. The predicted octanol–water partition coefficient (Wildman–Crippen LogP) is -0.864. The average molecular weight is 345 g/mol. The summed E-state index contributed by atoms with van der Waals surface area (Å²) < 4.78 is 25.1. The molecule has 1 amide bonds. The molecule has 2 aliphatic heterocycles. The SMILES string of the molecule is CS(=O)(=O)N1C[C@H]2CNC[C@@]2(C(=O)NCC2(CO)CCCC2)C1. The molecule has 7 nitrogen and oxygen atoms in total. The minimum absolute atomic E-state index is 0.0193. The third kappa shape index (κ3) is 3.01. The second-order valence-electron chi connectivity index (χ2n) is 7.59. The van der Waals surface area contributed by atoms with Crippen LogP contribution < -0.4 is 10.6 Å². The van der Waals surface area contributed by atoms with Gasteiger partial charge in [-0.25, -0.2) is 12.7 Å². The van der Waals surface area contributed by atoms with Gasteiger partial charge < -0.3 is 15.7 Å². The molecular formula is C15H27N3O4S. The van der Waals surface area contributed by atoms with Crippen molar-refractivity contribution in [2.45, 2.75) is 25.7 Å². The molecule has 0 aromatic rings. The summed E-state index contributed by atoms with van der Waals surface area (Å²) in [5.74, 6) is -0.0516. The van der Waals surface area contributed by atoms with Crippen molar-refractivity contribution in [1.29, 1.82) is 0 Å². The molecule has 132 valence electrons. The molecule has 2 saturated heterocycles. The Balaban J connectivity index is 1.70. The number of amides is 1. The molecule has 0 aromatic heterocycles. The van der Waals surface area contributed by atoms with Gasteiger partial charge in [-0.2, -0.15) is 0 Å². The van der Waals surface area contributed by atoms with Crippen molar-refractivity contribution in [3.8, 4) is 0 Å². The van der Waals surface area contributed by atoms with Gasteiger partial charge in [0, 0.05) is 44.1 Å². The first-order valence-corrected chi connectivity index (χ1v) is 10.2. The number of aliphatic hydroxyl groups is 1. The smallest absolute Gasteiger partial charge is 0.229 e. The summed E-state index contributed by atoms with van der Waals surface area (Å²) >= 11 is 0. The molecule has 0 unspecified atom stereocenters. The molecule has 3 N–H and O–H groups in total. The molecule has 3 fully saturated rings. The van der Waals surface area contributed by atoms with E-state index >= 15 is 0 Å². The molecule has 2 heterocycles. The maximum Gasteiger partial charge on any atom is 0.229 e. The average Bonchev–Trinajstić information content (AvgIpc) is 3.18. The number of fused-ring (bicyclic) bond motifs is 1. The molecule has 0 radical (unpaired) electrons. The van der Waals surface area contributed by atoms with Crippen LogP contribution in [0.3, 0.4) is 0 Å². The van der Waals surface area contributed by atoms with E-state index in [1.54, 1.807) is 0 Å². The zero-order valence-corrected chi connectivity index (χ0v) is 14.5. The summed E-state index contributed by atoms with van der Waals surface area (Å²) in [4.78, 5) is 12.9. The number of carbonyl (C=O) groups excluding carboxylic acids is 1. The monoisotopic (exact) mass is 345 g/mol. The highest BCUT2D eigenvalue weighted by atomic mass is 32.2. The first-order valence-electron chi connectivity index (χ1n) is 8.36. The highest BCUT2D eigenvalue weighted by molar-refractivity contribution is 7.88. The number of sulfonamides is 1. The van der Waals surface area contributed by atoms with Crippen LogP contribution in [0.1, 0.15) is 25.7 Å². The molecule has 2 atom stereocenters. The van der Waals surface area contributed by atoms with Crippen LogP contribution in [-0.2, 0) is 14.8 Å². The number of nitrogens with one attached hydrogen (secondary N) is 2. The highest BCUT2D eigenvalue weighted by Crippen LogP contribution is 2.41. The number of rotatable bonds is 5. The molecule has 3 aliphatic rings. The lowest BCUT2D eigenvalue weighted by atomic mass is 9.79. The van der Waals surface area contributed by atoms with Gasteiger partial charge in [0.25, 0.3) is 0 Å². The molecule has 0 bridgehead atoms. The first kappa shape index (κ1) is 17.1.